The van der Waals surface area contributed by atoms with Crippen LogP contribution in [0.15, 0.2) is 65.1 Å². The van der Waals surface area contributed by atoms with Gasteiger partial charge in [-0.3, -0.25) is 9.59 Å². The van der Waals surface area contributed by atoms with Crippen molar-refractivity contribution < 1.29 is 33.0 Å². The van der Waals surface area contributed by atoms with E-state index < -0.39 is 11.6 Å². The zero-order valence-electron chi connectivity index (χ0n) is 36.9. The maximum Gasteiger partial charge on any atom is 0.255 e. The summed E-state index contributed by atoms with van der Waals surface area (Å²) in [4.78, 5) is 33.3. The molecule has 0 radical (unpaired) electrons. The Kier molecular flexibility index (Phi) is 18.4. The van der Waals surface area contributed by atoms with E-state index in [1.54, 1.807) is 4.90 Å². The molecule has 0 aromatic heterocycles. The summed E-state index contributed by atoms with van der Waals surface area (Å²) in [5.74, 6) is 2.49. The fourth-order valence-corrected chi connectivity index (χ4v) is 7.34. The Morgan fingerprint density at radius 1 is 0.814 bits per heavy atom. The summed E-state index contributed by atoms with van der Waals surface area (Å²) >= 11 is 0. The normalized spacial score (nSPS) is 12.2. The molecule has 1 heterocycles. The maximum atomic E-state index is 15.2. The third kappa shape index (κ3) is 12.9. The van der Waals surface area contributed by atoms with Crippen LogP contribution in [0, 0.1) is 18.3 Å². The number of amides is 2. The van der Waals surface area contributed by atoms with Crippen molar-refractivity contribution in [2.45, 2.75) is 73.9 Å². The van der Waals surface area contributed by atoms with E-state index in [0.29, 0.717) is 45.2 Å². The first kappa shape index (κ1) is 47.0. The van der Waals surface area contributed by atoms with E-state index in [0.717, 1.165) is 70.6 Å². The highest BCUT2D eigenvalue weighted by atomic mass is 16.6. The second-order valence-electron chi connectivity index (χ2n) is 15.7. The molecule has 1 atom stereocenters. The minimum absolute atomic E-state index is 0.192. The number of rotatable bonds is 23. The van der Waals surface area contributed by atoms with Crippen LogP contribution in [0.1, 0.15) is 72.7 Å². The third-order valence-electron chi connectivity index (χ3n) is 10.1. The number of terminal acetylenes is 1. The minimum Gasteiger partial charge on any atom is -0.456 e. The average molecular weight is 812 g/mol. The predicted molar refractivity (Wildman–Crippen MR) is 238 cm³/mol. The Hall–Kier alpha value is -4.73. The lowest BCUT2D eigenvalue weighted by molar-refractivity contribution is -0.128. The summed E-state index contributed by atoms with van der Waals surface area (Å²) in [6, 6.07) is 19.6. The molecule has 2 amide bonds. The highest BCUT2D eigenvalue weighted by Gasteiger charge is 2.36. The van der Waals surface area contributed by atoms with Gasteiger partial charge in [-0.25, -0.2) is 4.58 Å². The summed E-state index contributed by atoms with van der Waals surface area (Å²) in [7, 11) is 0. The Balaban J connectivity index is 1.74. The van der Waals surface area contributed by atoms with Crippen LogP contribution in [0.25, 0.3) is 33.4 Å². The van der Waals surface area contributed by atoms with Crippen LogP contribution in [-0.4, -0.2) is 114 Å². The van der Waals surface area contributed by atoms with Gasteiger partial charge in [0.05, 0.1) is 52.3 Å². The highest BCUT2D eigenvalue weighted by molar-refractivity contribution is 6.10. The molecule has 11 heteroatoms. The lowest BCUT2D eigenvalue weighted by atomic mass is 9.89. The van der Waals surface area contributed by atoms with Gasteiger partial charge < -0.3 is 38.5 Å². The monoisotopic (exact) mass is 812 g/mol. The average Bonchev–Trinajstić information content (AvgIpc) is 3.21. The van der Waals surface area contributed by atoms with E-state index in [1.807, 2.05) is 58.9 Å². The van der Waals surface area contributed by atoms with Gasteiger partial charge in [0.15, 0.2) is 0 Å². The molecule has 59 heavy (non-hydrogen) atoms. The summed E-state index contributed by atoms with van der Waals surface area (Å²) in [5.41, 5.74) is 4.35. The summed E-state index contributed by atoms with van der Waals surface area (Å²) in [6.45, 7) is 24.8. The lowest BCUT2D eigenvalue weighted by Crippen LogP contribution is -2.56. The fraction of sp³-hybridized carbons (Fsp3) is 0.521. The first-order valence-electron chi connectivity index (χ1n) is 21.2. The molecule has 2 aromatic carbocycles. The Morgan fingerprint density at radius 3 is 2.03 bits per heavy atom. The molecule has 1 N–H and O–H groups in total. The number of hydrogen-bond acceptors (Lipinski definition) is 8. The minimum atomic E-state index is -0.760. The van der Waals surface area contributed by atoms with Crippen LogP contribution in [0.5, 0.6) is 0 Å². The zero-order valence-corrected chi connectivity index (χ0v) is 36.9. The van der Waals surface area contributed by atoms with Crippen LogP contribution in [-0.2, 0) is 23.7 Å². The largest absolute Gasteiger partial charge is 0.456 e. The molecule has 2 aromatic rings. The molecule has 2 aliphatic rings. The number of nitrogens with zero attached hydrogens (tertiary/aromatic N) is 3. The number of carbonyl (C=O) groups is 2. The van der Waals surface area contributed by atoms with Crippen molar-refractivity contribution in [2.24, 2.45) is 5.92 Å². The molecule has 0 saturated heterocycles. The van der Waals surface area contributed by atoms with E-state index in [9.17, 15) is 4.79 Å². The molecule has 1 unspecified atom stereocenters. The van der Waals surface area contributed by atoms with Crippen molar-refractivity contribution in [1.82, 2.24) is 14.8 Å². The molecular formula is C48H67N4O7+. The predicted octanol–water partition coefficient (Wildman–Crippen LogP) is 6.94. The van der Waals surface area contributed by atoms with Gasteiger partial charge >= 0.3 is 0 Å². The van der Waals surface area contributed by atoms with Gasteiger partial charge in [0.2, 0.25) is 11.3 Å². The van der Waals surface area contributed by atoms with Crippen LogP contribution in [0.2, 0.25) is 0 Å². The quantitative estimate of drug-likeness (QED) is 0.0372. The number of fused-ring (bicyclic) bond motifs is 2. The molecule has 0 fully saturated rings. The van der Waals surface area contributed by atoms with Gasteiger partial charge in [-0.05, 0) is 84.2 Å². The standard InChI is InChI=1S/C48H66N4O7/c1-11-25-55-27-29-57-31-32-58-30-28-56-26-24-52(45(35(6)7)46(53)49-48(8,9)10)47(54)39-19-17-16-18-38(39)44-40-22-20-36(50(12-2)13-3)33-42(40)59-43-34-37(21-23-41(43)44)51(14-4)15-5/h1,16-23,33-35,45H,12-15,24-32H2,2-10H3/p+1. The van der Waals surface area contributed by atoms with E-state index in [2.05, 4.69) is 84.8 Å². The van der Waals surface area contributed by atoms with E-state index in [1.165, 1.54) is 0 Å². The summed E-state index contributed by atoms with van der Waals surface area (Å²) in [6.07, 6.45) is 5.19. The lowest BCUT2D eigenvalue weighted by Gasteiger charge is -2.36. The Morgan fingerprint density at radius 2 is 1.44 bits per heavy atom. The molecule has 4 rings (SSSR count). The number of carbonyl (C=O) groups excluding carboxylic acids is 2. The Bertz CT molecular complexity index is 2030. The summed E-state index contributed by atoms with van der Waals surface area (Å²) in [5, 5.41) is 5.10. The summed E-state index contributed by atoms with van der Waals surface area (Å²) < 4.78 is 31.4. The smallest absolute Gasteiger partial charge is 0.255 e. The number of hydrogen-bond donors (Lipinski definition) is 1. The van der Waals surface area contributed by atoms with Gasteiger partial charge in [0.1, 0.15) is 37.1 Å². The fourth-order valence-electron chi connectivity index (χ4n) is 7.34. The molecule has 1 aliphatic heterocycles. The highest BCUT2D eigenvalue weighted by Crippen LogP contribution is 2.42. The number of anilines is 1. The van der Waals surface area contributed by atoms with Crippen molar-refractivity contribution in [1.29, 1.82) is 0 Å². The van der Waals surface area contributed by atoms with Crippen LogP contribution >= 0.6 is 0 Å². The van der Waals surface area contributed by atoms with Gasteiger partial charge in [0.25, 0.3) is 5.91 Å². The third-order valence-corrected chi connectivity index (χ3v) is 10.1. The van der Waals surface area contributed by atoms with Crippen molar-refractivity contribution >= 4 is 28.5 Å². The van der Waals surface area contributed by atoms with E-state index in [4.69, 9.17) is 29.8 Å². The van der Waals surface area contributed by atoms with Gasteiger partial charge in [-0.15, -0.1) is 6.42 Å². The zero-order chi connectivity index (χ0) is 43.0. The molecule has 320 valence electrons. The van der Waals surface area contributed by atoms with Gasteiger partial charge in [0, 0.05) is 65.1 Å². The second kappa shape index (κ2) is 23.2. The first-order chi connectivity index (χ1) is 28.4. The SMILES string of the molecule is C#CCOCCOCCOCCOCCN(C(=O)c1ccccc1-c1c2ccc(=[N+](CC)CC)cc-2oc2cc(N(CC)CC)ccc12)C(C(=O)NC(C)(C)C)C(C)C. The molecular weight excluding hydrogens is 745 g/mol. The van der Waals surface area contributed by atoms with Crippen LogP contribution < -0.4 is 20.1 Å². The van der Waals surface area contributed by atoms with E-state index in [-0.39, 0.29) is 37.5 Å². The van der Waals surface area contributed by atoms with Crippen LogP contribution in [0.4, 0.5) is 5.69 Å². The molecule has 1 aliphatic carbocycles. The van der Waals surface area contributed by atoms with E-state index >= 15 is 4.79 Å². The van der Waals surface area contributed by atoms with Crippen molar-refractivity contribution in [3.8, 4) is 34.8 Å². The molecule has 11 nitrogen and oxygen atoms in total. The van der Waals surface area contributed by atoms with Crippen molar-refractivity contribution in [2.75, 3.05) is 90.5 Å². The van der Waals surface area contributed by atoms with Crippen molar-refractivity contribution in [3.63, 3.8) is 0 Å². The first-order valence-corrected chi connectivity index (χ1v) is 21.2. The second-order valence-corrected chi connectivity index (χ2v) is 15.7. The molecule has 0 spiro atoms. The molecule has 0 bridgehead atoms. The number of ether oxygens (including phenoxy) is 4. The topological polar surface area (TPSA) is 106 Å². The number of nitrogens with one attached hydrogen (secondary N) is 1. The Labute approximate surface area is 352 Å². The maximum absolute atomic E-state index is 15.2. The van der Waals surface area contributed by atoms with Crippen LogP contribution in [0.3, 0.4) is 0 Å². The van der Waals surface area contributed by atoms with Gasteiger partial charge in [-0.2, -0.15) is 0 Å². The van der Waals surface area contributed by atoms with Gasteiger partial charge in [-0.1, -0.05) is 38.0 Å². The number of benzene rings is 3. The molecule has 0 saturated carbocycles. The van der Waals surface area contributed by atoms with Crippen molar-refractivity contribution in [3.05, 3.63) is 71.6 Å².